The molecule has 98 valence electrons. The minimum Gasteiger partial charge on any atom is -0.381 e. The highest BCUT2D eigenvalue weighted by atomic mass is 16.6. The average Bonchev–Trinajstić information content (AvgIpc) is 2.82. The molecule has 1 heterocycles. The predicted molar refractivity (Wildman–Crippen MR) is 71.9 cm³/mol. The topological polar surface area (TPSA) is 58.4 Å². The Morgan fingerprint density at radius 3 is 2.83 bits per heavy atom. The van der Waals surface area contributed by atoms with E-state index < -0.39 is 0 Å². The summed E-state index contributed by atoms with van der Waals surface area (Å²) in [5.74, 6) is 0. The maximum absolute atomic E-state index is 10.7. The second kappa shape index (κ2) is 5.82. The van der Waals surface area contributed by atoms with Crippen LogP contribution in [0.25, 0.3) is 0 Å². The Balaban J connectivity index is 1.91. The molecule has 1 aromatic rings. The van der Waals surface area contributed by atoms with Gasteiger partial charge >= 0.3 is 0 Å². The van der Waals surface area contributed by atoms with Crippen molar-refractivity contribution in [2.45, 2.75) is 25.8 Å². The van der Waals surface area contributed by atoms with Crippen molar-refractivity contribution < 1.29 is 4.92 Å². The fraction of sp³-hybridized carbons (Fsp3) is 0.538. The van der Waals surface area contributed by atoms with Crippen molar-refractivity contribution in [1.82, 2.24) is 4.90 Å². The first-order valence-corrected chi connectivity index (χ1v) is 6.38. The molecule has 0 spiro atoms. The lowest BCUT2D eigenvalue weighted by atomic mass is 10.2. The molecule has 1 aliphatic rings. The summed E-state index contributed by atoms with van der Waals surface area (Å²) in [5, 5.41) is 14.0. The number of nitro benzene ring substituents is 1. The zero-order valence-corrected chi connectivity index (χ0v) is 10.6. The maximum Gasteiger partial charge on any atom is 0.271 e. The summed E-state index contributed by atoms with van der Waals surface area (Å²) in [7, 11) is 0. The Morgan fingerprint density at radius 2 is 2.17 bits per heavy atom. The van der Waals surface area contributed by atoms with Crippen molar-refractivity contribution >= 4 is 11.4 Å². The van der Waals surface area contributed by atoms with Crippen LogP contribution >= 0.6 is 0 Å². The quantitative estimate of drug-likeness (QED) is 0.643. The summed E-state index contributed by atoms with van der Waals surface area (Å²) in [4.78, 5) is 12.7. The maximum atomic E-state index is 10.7. The van der Waals surface area contributed by atoms with Crippen LogP contribution in [0.15, 0.2) is 24.3 Å². The van der Waals surface area contributed by atoms with Gasteiger partial charge < -0.3 is 10.2 Å². The first-order chi connectivity index (χ1) is 8.65. The molecule has 0 aromatic heterocycles. The van der Waals surface area contributed by atoms with E-state index in [9.17, 15) is 10.1 Å². The number of anilines is 1. The van der Waals surface area contributed by atoms with E-state index in [1.807, 2.05) is 6.07 Å². The van der Waals surface area contributed by atoms with Crippen molar-refractivity contribution in [3.05, 3.63) is 34.4 Å². The van der Waals surface area contributed by atoms with Crippen LogP contribution in [0.3, 0.4) is 0 Å². The van der Waals surface area contributed by atoms with Crippen LogP contribution in [0.1, 0.15) is 19.8 Å². The van der Waals surface area contributed by atoms with E-state index >= 15 is 0 Å². The standard InChI is InChI=1S/C13H19N3O2/c1-11(10-15-7-2-3-8-15)14-12-5-4-6-13(9-12)16(17)18/h4-6,9,11,14H,2-3,7-8,10H2,1H3. The smallest absolute Gasteiger partial charge is 0.271 e. The number of benzene rings is 1. The van der Waals surface area contributed by atoms with E-state index in [0.717, 1.165) is 12.2 Å². The number of non-ortho nitro benzene ring substituents is 1. The number of nitrogens with zero attached hydrogens (tertiary/aromatic N) is 2. The summed E-state index contributed by atoms with van der Waals surface area (Å²) in [6.07, 6.45) is 2.56. The van der Waals surface area contributed by atoms with Gasteiger partial charge in [0, 0.05) is 30.4 Å². The molecule has 0 radical (unpaired) electrons. The molecule has 5 nitrogen and oxygen atoms in total. The Morgan fingerprint density at radius 1 is 1.44 bits per heavy atom. The lowest BCUT2D eigenvalue weighted by molar-refractivity contribution is -0.384. The van der Waals surface area contributed by atoms with Crippen LogP contribution in [-0.2, 0) is 0 Å². The van der Waals surface area contributed by atoms with E-state index in [1.165, 1.54) is 32.0 Å². The van der Waals surface area contributed by atoms with Gasteiger partial charge in [-0.25, -0.2) is 0 Å². The number of hydrogen-bond acceptors (Lipinski definition) is 4. The first-order valence-electron chi connectivity index (χ1n) is 6.38. The van der Waals surface area contributed by atoms with Crippen LogP contribution in [0, 0.1) is 10.1 Å². The van der Waals surface area contributed by atoms with Gasteiger partial charge in [-0.1, -0.05) is 6.07 Å². The van der Waals surface area contributed by atoms with Gasteiger partial charge in [0.15, 0.2) is 0 Å². The molecule has 5 heteroatoms. The number of nitro groups is 1. The summed E-state index contributed by atoms with van der Waals surface area (Å²) in [6, 6.07) is 6.97. The number of rotatable bonds is 5. The molecule has 0 saturated carbocycles. The average molecular weight is 249 g/mol. The summed E-state index contributed by atoms with van der Waals surface area (Å²) >= 11 is 0. The third-order valence-corrected chi connectivity index (χ3v) is 3.20. The van der Waals surface area contributed by atoms with E-state index in [-0.39, 0.29) is 10.6 Å². The number of hydrogen-bond donors (Lipinski definition) is 1. The zero-order chi connectivity index (χ0) is 13.0. The number of nitrogens with one attached hydrogen (secondary N) is 1. The van der Waals surface area contributed by atoms with Crippen molar-refractivity contribution in [1.29, 1.82) is 0 Å². The molecule has 1 aromatic carbocycles. The molecule has 2 rings (SSSR count). The molecule has 1 aliphatic heterocycles. The first kappa shape index (κ1) is 12.8. The van der Waals surface area contributed by atoms with Crippen molar-refractivity contribution in [2.24, 2.45) is 0 Å². The van der Waals surface area contributed by atoms with Gasteiger partial charge in [-0.2, -0.15) is 0 Å². The van der Waals surface area contributed by atoms with Gasteiger partial charge in [0.1, 0.15) is 0 Å². The third-order valence-electron chi connectivity index (χ3n) is 3.20. The Bertz CT molecular complexity index is 416. The molecule has 1 saturated heterocycles. The monoisotopic (exact) mass is 249 g/mol. The molecule has 1 atom stereocenters. The summed E-state index contributed by atoms with van der Waals surface area (Å²) < 4.78 is 0. The predicted octanol–water partition coefficient (Wildman–Crippen LogP) is 2.49. The van der Waals surface area contributed by atoms with Gasteiger partial charge in [0.25, 0.3) is 5.69 Å². The highest BCUT2D eigenvalue weighted by molar-refractivity contribution is 5.51. The van der Waals surface area contributed by atoms with E-state index in [0.29, 0.717) is 6.04 Å². The fourth-order valence-corrected chi connectivity index (χ4v) is 2.39. The molecule has 1 N–H and O–H groups in total. The van der Waals surface area contributed by atoms with Crippen molar-refractivity contribution in [3.8, 4) is 0 Å². The van der Waals surface area contributed by atoms with Crippen molar-refractivity contribution in [2.75, 3.05) is 25.0 Å². The highest BCUT2D eigenvalue weighted by Gasteiger charge is 2.15. The Labute approximate surface area is 107 Å². The summed E-state index contributed by atoms with van der Waals surface area (Å²) in [5.41, 5.74) is 0.948. The molecule has 0 bridgehead atoms. The second-order valence-corrected chi connectivity index (χ2v) is 4.86. The van der Waals surface area contributed by atoms with Crippen LogP contribution < -0.4 is 5.32 Å². The fourth-order valence-electron chi connectivity index (χ4n) is 2.39. The Kier molecular flexibility index (Phi) is 4.15. The van der Waals surface area contributed by atoms with Gasteiger partial charge in [-0.3, -0.25) is 10.1 Å². The van der Waals surface area contributed by atoms with Crippen LogP contribution in [-0.4, -0.2) is 35.5 Å². The molecule has 0 aliphatic carbocycles. The molecular formula is C13H19N3O2. The molecule has 0 amide bonds. The van der Waals surface area contributed by atoms with E-state index in [1.54, 1.807) is 12.1 Å². The Hall–Kier alpha value is -1.62. The third kappa shape index (κ3) is 3.43. The minimum absolute atomic E-state index is 0.133. The van der Waals surface area contributed by atoms with Crippen LogP contribution in [0.4, 0.5) is 11.4 Å². The van der Waals surface area contributed by atoms with Gasteiger partial charge in [0.05, 0.1) is 4.92 Å². The van der Waals surface area contributed by atoms with Gasteiger partial charge in [0.2, 0.25) is 0 Å². The molecule has 1 fully saturated rings. The number of likely N-dealkylation sites (tertiary alicyclic amines) is 1. The highest BCUT2D eigenvalue weighted by Crippen LogP contribution is 2.18. The molecular weight excluding hydrogens is 230 g/mol. The normalized spacial score (nSPS) is 17.6. The van der Waals surface area contributed by atoms with Gasteiger partial charge in [-0.15, -0.1) is 0 Å². The minimum atomic E-state index is -0.365. The van der Waals surface area contributed by atoms with E-state index in [2.05, 4.69) is 17.1 Å². The lowest BCUT2D eigenvalue weighted by Gasteiger charge is -2.21. The van der Waals surface area contributed by atoms with Gasteiger partial charge in [-0.05, 0) is 38.9 Å². The zero-order valence-electron chi connectivity index (χ0n) is 10.6. The SMILES string of the molecule is CC(CN1CCCC1)Nc1cccc([N+](=O)[O-])c1. The summed E-state index contributed by atoms with van der Waals surface area (Å²) in [6.45, 7) is 5.43. The van der Waals surface area contributed by atoms with Crippen LogP contribution in [0.2, 0.25) is 0 Å². The largest absolute Gasteiger partial charge is 0.381 e. The molecule has 18 heavy (non-hydrogen) atoms. The van der Waals surface area contributed by atoms with Crippen molar-refractivity contribution in [3.63, 3.8) is 0 Å². The van der Waals surface area contributed by atoms with Crippen LogP contribution in [0.5, 0.6) is 0 Å². The van der Waals surface area contributed by atoms with E-state index in [4.69, 9.17) is 0 Å². The second-order valence-electron chi connectivity index (χ2n) is 4.86. The molecule has 1 unspecified atom stereocenters. The lowest BCUT2D eigenvalue weighted by Crippen LogP contribution is -2.32.